The molecule has 2 amide bonds. The molecule has 4 N–H and O–H groups in total. The van der Waals surface area contributed by atoms with E-state index in [4.69, 9.17) is 0 Å². The van der Waals surface area contributed by atoms with Gasteiger partial charge in [0, 0.05) is 25.2 Å². The number of alkyl halides is 1. The lowest BCUT2D eigenvalue weighted by Gasteiger charge is -2.37. The highest BCUT2D eigenvalue weighted by Crippen LogP contribution is 2.32. The smallest absolute Gasteiger partial charge is 0.255 e. The highest BCUT2D eigenvalue weighted by Gasteiger charge is 2.31. The Morgan fingerprint density at radius 3 is 2.65 bits per heavy atom. The zero-order chi connectivity index (χ0) is 29.0. The summed E-state index contributed by atoms with van der Waals surface area (Å²) in [7, 11) is 0. The molecule has 1 saturated carbocycles. The van der Waals surface area contributed by atoms with Gasteiger partial charge in [-0.25, -0.2) is 8.91 Å². The molecule has 0 aliphatic heterocycles. The average Bonchev–Trinajstić information content (AvgIpc) is 3.30. The monoisotopic (exact) mass is 549 g/mol. The quantitative estimate of drug-likeness (QED) is 0.287. The van der Waals surface area contributed by atoms with E-state index in [9.17, 15) is 24.3 Å². The first kappa shape index (κ1) is 29.0. The fourth-order valence-electron chi connectivity index (χ4n) is 4.62. The van der Waals surface area contributed by atoms with E-state index in [0.717, 1.165) is 18.4 Å². The van der Waals surface area contributed by atoms with E-state index in [-0.39, 0.29) is 24.1 Å². The molecule has 1 aliphatic carbocycles. The van der Waals surface area contributed by atoms with E-state index in [1.54, 1.807) is 16.6 Å². The van der Waals surface area contributed by atoms with Crippen LogP contribution in [0.25, 0.3) is 16.9 Å². The van der Waals surface area contributed by atoms with Crippen molar-refractivity contribution in [3.8, 4) is 17.5 Å². The second-order valence-corrected chi connectivity index (χ2v) is 11.4. The van der Waals surface area contributed by atoms with Gasteiger partial charge in [0.2, 0.25) is 5.91 Å². The van der Waals surface area contributed by atoms with Gasteiger partial charge in [-0.1, -0.05) is 13.8 Å². The highest BCUT2D eigenvalue weighted by molar-refractivity contribution is 6.00. The average molecular weight is 550 g/mol. The van der Waals surface area contributed by atoms with Crippen molar-refractivity contribution in [2.45, 2.75) is 64.8 Å². The standard InChI is InChI=1S/C29H36FN7O3/c1-17(2)7-27(38)33-13-18-8-20(9-18)36-23-11-24(25-6-5-21-10-19(12-31)14-35-37(21)25)32-15-22(23)28(39)34-16-26(30)29(3,4)40/h5-6,10-11,14-15,17-18,20,26,40H,7-9,13,16H2,1-4H3,(H,32,36)(H,33,38)(H,34,39). The third-order valence-corrected chi connectivity index (χ3v) is 7.03. The number of carbonyl (C=O) groups excluding carboxylic acids is 2. The van der Waals surface area contributed by atoms with Crippen molar-refractivity contribution in [2.75, 3.05) is 18.4 Å². The lowest BCUT2D eigenvalue weighted by Crippen LogP contribution is -2.43. The zero-order valence-electron chi connectivity index (χ0n) is 23.2. The second kappa shape index (κ2) is 12.0. The van der Waals surface area contributed by atoms with Crippen LogP contribution in [-0.4, -0.2) is 62.4 Å². The van der Waals surface area contributed by atoms with Crippen LogP contribution in [0, 0.1) is 23.2 Å². The number of hydrogen-bond acceptors (Lipinski definition) is 7. The molecule has 40 heavy (non-hydrogen) atoms. The van der Waals surface area contributed by atoms with E-state index >= 15 is 0 Å². The number of anilines is 1. The molecule has 10 nitrogen and oxygen atoms in total. The molecule has 212 valence electrons. The Balaban J connectivity index is 1.52. The van der Waals surface area contributed by atoms with Crippen LogP contribution < -0.4 is 16.0 Å². The maximum Gasteiger partial charge on any atom is 0.255 e. The van der Waals surface area contributed by atoms with E-state index in [1.807, 2.05) is 26.0 Å². The summed E-state index contributed by atoms with van der Waals surface area (Å²) >= 11 is 0. The number of hydrogen-bond donors (Lipinski definition) is 4. The van der Waals surface area contributed by atoms with Crippen LogP contribution in [0.5, 0.6) is 0 Å². The molecule has 3 aromatic heterocycles. The maximum atomic E-state index is 14.3. The zero-order valence-corrected chi connectivity index (χ0v) is 23.2. The topological polar surface area (TPSA) is 144 Å². The van der Waals surface area contributed by atoms with Gasteiger partial charge in [-0.3, -0.25) is 14.6 Å². The Hall–Kier alpha value is -4.04. The molecule has 1 unspecified atom stereocenters. The molecule has 4 rings (SSSR count). The molecule has 1 fully saturated rings. The number of halogens is 1. The summed E-state index contributed by atoms with van der Waals surface area (Å²) in [5.41, 5.74) is 1.62. The van der Waals surface area contributed by atoms with Gasteiger partial charge in [0.05, 0.1) is 52.1 Å². The second-order valence-electron chi connectivity index (χ2n) is 11.4. The molecule has 0 saturated heterocycles. The third kappa shape index (κ3) is 6.93. The van der Waals surface area contributed by atoms with Crippen LogP contribution in [0.15, 0.2) is 36.7 Å². The van der Waals surface area contributed by atoms with Crippen molar-refractivity contribution in [1.82, 2.24) is 25.2 Å². The van der Waals surface area contributed by atoms with Crippen LogP contribution in [0.4, 0.5) is 10.1 Å². The molecule has 0 radical (unpaired) electrons. The van der Waals surface area contributed by atoms with Crippen LogP contribution in [-0.2, 0) is 4.79 Å². The summed E-state index contributed by atoms with van der Waals surface area (Å²) < 4.78 is 16.0. The SMILES string of the molecule is CC(C)CC(=O)NCC1CC(Nc2cc(-c3ccc4cc(C#N)cnn34)ncc2C(=O)NCC(F)C(C)(C)O)C1. The molecule has 0 spiro atoms. The molecule has 3 heterocycles. The van der Waals surface area contributed by atoms with Crippen molar-refractivity contribution in [2.24, 2.45) is 11.8 Å². The summed E-state index contributed by atoms with van der Waals surface area (Å²) in [6.45, 7) is 6.98. The molecule has 11 heteroatoms. The predicted octanol–water partition coefficient (Wildman–Crippen LogP) is 3.46. The largest absolute Gasteiger partial charge is 0.387 e. The van der Waals surface area contributed by atoms with Gasteiger partial charge in [0.25, 0.3) is 5.91 Å². The summed E-state index contributed by atoms with van der Waals surface area (Å²) in [5.74, 6) is 0.177. The predicted molar refractivity (Wildman–Crippen MR) is 149 cm³/mol. The number of aliphatic hydroxyl groups is 1. The fraction of sp³-hybridized carbons (Fsp3) is 0.483. The summed E-state index contributed by atoms with van der Waals surface area (Å²) in [5, 5.41) is 32.4. The Morgan fingerprint density at radius 1 is 1.23 bits per heavy atom. The number of nitriles is 1. The van der Waals surface area contributed by atoms with Crippen molar-refractivity contribution < 1.29 is 19.1 Å². The van der Waals surface area contributed by atoms with Gasteiger partial charge in [0.15, 0.2) is 0 Å². The minimum absolute atomic E-state index is 0.0521. The molecular weight excluding hydrogens is 513 g/mol. The Bertz CT molecular complexity index is 1420. The fourth-order valence-corrected chi connectivity index (χ4v) is 4.62. The van der Waals surface area contributed by atoms with Crippen LogP contribution in [0.3, 0.4) is 0 Å². The number of fused-ring (bicyclic) bond motifs is 1. The first-order valence-electron chi connectivity index (χ1n) is 13.5. The van der Waals surface area contributed by atoms with E-state index < -0.39 is 17.7 Å². The number of carbonyl (C=O) groups is 2. The minimum Gasteiger partial charge on any atom is -0.387 e. The molecular formula is C29H36FN7O3. The molecule has 0 aromatic carbocycles. The van der Waals surface area contributed by atoms with E-state index in [0.29, 0.717) is 47.4 Å². The summed E-state index contributed by atoms with van der Waals surface area (Å²) in [4.78, 5) is 29.5. The van der Waals surface area contributed by atoms with Crippen LogP contribution >= 0.6 is 0 Å². The van der Waals surface area contributed by atoms with Crippen LogP contribution in [0.1, 0.15) is 62.9 Å². The van der Waals surface area contributed by atoms with Gasteiger partial charge in [-0.05, 0) is 62.8 Å². The lowest BCUT2D eigenvalue weighted by atomic mass is 9.80. The number of pyridine rings is 1. The lowest BCUT2D eigenvalue weighted by molar-refractivity contribution is -0.122. The van der Waals surface area contributed by atoms with Crippen LogP contribution in [0.2, 0.25) is 0 Å². The van der Waals surface area contributed by atoms with Gasteiger partial charge in [0.1, 0.15) is 12.2 Å². The Labute approximate surface area is 233 Å². The van der Waals surface area contributed by atoms with Gasteiger partial charge < -0.3 is 21.1 Å². The molecule has 0 bridgehead atoms. The summed E-state index contributed by atoms with van der Waals surface area (Å²) in [6, 6.07) is 9.32. The molecule has 1 aliphatic rings. The van der Waals surface area contributed by atoms with Gasteiger partial charge in [-0.2, -0.15) is 10.4 Å². The van der Waals surface area contributed by atoms with Crippen molar-refractivity contribution in [1.29, 1.82) is 5.26 Å². The normalized spacial score (nSPS) is 17.6. The Morgan fingerprint density at radius 2 is 1.98 bits per heavy atom. The Kier molecular flexibility index (Phi) is 8.69. The first-order chi connectivity index (χ1) is 18.9. The third-order valence-electron chi connectivity index (χ3n) is 7.03. The highest BCUT2D eigenvalue weighted by atomic mass is 19.1. The number of nitrogens with one attached hydrogen (secondary N) is 3. The van der Waals surface area contributed by atoms with Crippen molar-refractivity contribution >= 4 is 23.0 Å². The van der Waals surface area contributed by atoms with E-state index in [2.05, 4.69) is 32.1 Å². The number of amides is 2. The minimum atomic E-state index is -1.64. The maximum absolute atomic E-state index is 14.3. The van der Waals surface area contributed by atoms with Crippen molar-refractivity contribution in [3.63, 3.8) is 0 Å². The number of rotatable bonds is 11. The number of aromatic nitrogens is 3. The van der Waals surface area contributed by atoms with Gasteiger partial charge >= 0.3 is 0 Å². The molecule has 1 atom stereocenters. The number of nitrogens with zero attached hydrogens (tertiary/aromatic N) is 4. The van der Waals surface area contributed by atoms with Gasteiger partial charge in [-0.15, -0.1) is 0 Å². The molecule has 3 aromatic rings. The first-order valence-corrected chi connectivity index (χ1v) is 13.5. The van der Waals surface area contributed by atoms with E-state index in [1.165, 1.54) is 26.2 Å². The van der Waals surface area contributed by atoms with Crippen molar-refractivity contribution in [3.05, 3.63) is 47.8 Å². The summed E-state index contributed by atoms with van der Waals surface area (Å²) in [6.07, 6.45) is 3.41.